The third-order valence-corrected chi connectivity index (χ3v) is 6.81. The molecule has 1 heterocycles. The Morgan fingerprint density at radius 1 is 1.00 bits per heavy atom. The van der Waals surface area contributed by atoms with E-state index in [9.17, 15) is 14.7 Å². The van der Waals surface area contributed by atoms with Crippen LogP contribution in [0.25, 0.3) is 0 Å². The zero-order valence-corrected chi connectivity index (χ0v) is 19.2. The number of rotatable bonds is 9. The van der Waals surface area contributed by atoms with Gasteiger partial charge in [0.1, 0.15) is 6.61 Å². The number of nitrogens with zero attached hydrogens (tertiary/aromatic N) is 2. The minimum absolute atomic E-state index is 0.0123. The predicted octanol–water partition coefficient (Wildman–Crippen LogP) is 4.01. The third kappa shape index (κ3) is 8.01. The minimum Gasteiger partial charge on any atom is -0.445 e. The van der Waals surface area contributed by atoms with Crippen molar-refractivity contribution in [3.63, 3.8) is 0 Å². The predicted molar refractivity (Wildman–Crippen MR) is 124 cm³/mol. The summed E-state index contributed by atoms with van der Waals surface area (Å²) in [5.74, 6) is 1.06. The Balaban J connectivity index is 1.33. The van der Waals surface area contributed by atoms with E-state index in [4.69, 9.17) is 4.74 Å². The van der Waals surface area contributed by atoms with Gasteiger partial charge in [0.05, 0.1) is 6.61 Å². The first-order chi connectivity index (χ1) is 15.7. The monoisotopic (exact) mass is 445 g/mol. The van der Waals surface area contributed by atoms with Gasteiger partial charge in [-0.15, -0.1) is 0 Å². The molecule has 1 saturated carbocycles. The molecule has 2 N–H and O–H groups in total. The molecular formula is C25H39N3O4. The molecule has 0 radical (unpaired) electrons. The fourth-order valence-corrected chi connectivity index (χ4v) is 4.72. The quantitative estimate of drug-likeness (QED) is 0.602. The highest BCUT2D eigenvalue weighted by Crippen LogP contribution is 2.26. The third-order valence-electron chi connectivity index (χ3n) is 6.81. The summed E-state index contributed by atoms with van der Waals surface area (Å²) < 4.78 is 5.42. The van der Waals surface area contributed by atoms with E-state index in [1.807, 2.05) is 30.3 Å². The number of hydrogen-bond donors (Lipinski definition) is 2. The molecule has 7 nitrogen and oxygen atoms in total. The molecule has 0 bridgehead atoms. The zero-order chi connectivity index (χ0) is 22.6. The van der Waals surface area contributed by atoms with Gasteiger partial charge in [-0.3, -0.25) is 0 Å². The van der Waals surface area contributed by atoms with E-state index in [2.05, 4.69) is 5.32 Å². The molecular weight excluding hydrogens is 406 g/mol. The lowest BCUT2D eigenvalue weighted by atomic mass is 9.87. The van der Waals surface area contributed by atoms with E-state index < -0.39 is 0 Å². The second-order valence-corrected chi connectivity index (χ2v) is 9.16. The summed E-state index contributed by atoms with van der Waals surface area (Å²) in [6.45, 7) is 3.27. The Morgan fingerprint density at radius 3 is 2.41 bits per heavy atom. The van der Waals surface area contributed by atoms with Gasteiger partial charge >= 0.3 is 12.1 Å². The molecule has 1 aliphatic heterocycles. The number of urea groups is 1. The van der Waals surface area contributed by atoms with Gasteiger partial charge in [-0.25, -0.2) is 9.59 Å². The Hall–Kier alpha value is -2.28. The summed E-state index contributed by atoms with van der Waals surface area (Å²) in [5, 5.41) is 12.4. The molecule has 0 unspecified atom stereocenters. The van der Waals surface area contributed by atoms with Crippen LogP contribution >= 0.6 is 0 Å². The van der Waals surface area contributed by atoms with Crippen LogP contribution in [0.1, 0.15) is 56.9 Å². The first kappa shape index (κ1) is 24.4. The van der Waals surface area contributed by atoms with Gasteiger partial charge in [-0.05, 0) is 36.7 Å². The number of aliphatic hydroxyl groups excluding tert-OH is 1. The zero-order valence-electron chi connectivity index (χ0n) is 19.2. The average molecular weight is 446 g/mol. The molecule has 3 amide bonds. The van der Waals surface area contributed by atoms with E-state index in [0.717, 1.165) is 24.8 Å². The van der Waals surface area contributed by atoms with Crippen molar-refractivity contribution in [2.45, 2.75) is 58.0 Å². The summed E-state index contributed by atoms with van der Waals surface area (Å²) in [4.78, 5) is 28.5. The standard InChI is InChI=1S/C25H39N3O4/c29-18-17-27(14-11-21-7-3-1-4-8-21)24(30)26-19-22-12-15-28(16-13-22)25(31)32-20-23-9-5-2-6-10-23/h2,5-6,9-10,21-22,29H,1,3-4,7-8,11-20H2,(H,26,30). The SMILES string of the molecule is O=C(NCC1CCN(C(=O)OCc2ccccc2)CC1)N(CCO)CCC1CCCCC1. The van der Waals surface area contributed by atoms with Crippen molar-refractivity contribution in [3.8, 4) is 0 Å². The molecule has 178 valence electrons. The van der Waals surface area contributed by atoms with E-state index in [0.29, 0.717) is 44.6 Å². The first-order valence-electron chi connectivity index (χ1n) is 12.2. The summed E-state index contributed by atoms with van der Waals surface area (Å²) in [6.07, 6.45) is 8.92. The van der Waals surface area contributed by atoms with Crippen molar-refractivity contribution < 1.29 is 19.4 Å². The molecule has 3 rings (SSSR count). The number of carbonyl (C=O) groups excluding carboxylic acids is 2. The van der Waals surface area contributed by atoms with Crippen LogP contribution < -0.4 is 5.32 Å². The molecule has 1 saturated heterocycles. The van der Waals surface area contributed by atoms with Crippen LogP contribution in [0.3, 0.4) is 0 Å². The van der Waals surface area contributed by atoms with E-state index in [-0.39, 0.29) is 25.3 Å². The highest BCUT2D eigenvalue weighted by Gasteiger charge is 2.25. The molecule has 1 aromatic carbocycles. The summed E-state index contributed by atoms with van der Waals surface area (Å²) in [7, 11) is 0. The molecule has 32 heavy (non-hydrogen) atoms. The lowest BCUT2D eigenvalue weighted by Gasteiger charge is -2.32. The Kier molecular flexibility index (Phi) is 10.1. The van der Waals surface area contributed by atoms with Crippen LogP contribution in [0.2, 0.25) is 0 Å². The van der Waals surface area contributed by atoms with Crippen LogP contribution in [-0.4, -0.2) is 66.4 Å². The molecule has 2 fully saturated rings. The maximum absolute atomic E-state index is 12.7. The number of aliphatic hydroxyl groups is 1. The number of amides is 3. The van der Waals surface area contributed by atoms with E-state index >= 15 is 0 Å². The number of hydrogen-bond acceptors (Lipinski definition) is 4. The smallest absolute Gasteiger partial charge is 0.410 e. The molecule has 0 atom stereocenters. The molecule has 0 spiro atoms. The number of carbonyl (C=O) groups is 2. The summed E-state index contributed by atoms with van der Waals surface area (Å²) in [6, 6.07) is 9.60. The largest absolute Gasteiger partial charge is 0.445 e. The van der Waals surface area contributed by atoms with Gasteiger partial charge in [0.25, 0.3) is 0 Å². The fraction of sp³-hybridized carbons (Fsp3) is 0.680. The number of likely N-dealkylation sites (tertiary alicyclic amines) is 1. The van der Waals surface area contributed by atoms with E-state index in [1.165, 1.54) is 32.1 Å². The minimum atomic E-state index is -0.270. The van der Waals surface area contributed by atoms with Crippen LogP contribution in [0.4, 0.5) is 9.59 Å². The lowest BCUT2D eigenvalue weighted by Crippen LogP contribution is -2.46. The molecule has 7 heteroatoms. The van der Waals surface area contributed by atoms with Crippen molar-refractivity contribution in [2.75, 3.05) is 39.3 Å². The maximum atomic E-state index is 12.7. The first-order valence-corrected chi connectivity index (χ1v) is 12.2. The Morgan fingerprint density at radius 2 is 1.72 bits per heavy atom. The number of ether oxygens (including phenoxy) is 1. The van der Waals surface area contributed by atoms with Gasteiger partial charge in [-0.1, -0.05) is 62.4 Å². The highest BCUT2D eigenvalue weighted by atomic mass is 16.6. The van der Waals surface area contributed by atoms with Gasteiger partial charge in [-0.2, -0.15) is 0 Å². The fourth-order valence-electron chi connectivity index (χ4n) is 4.72. The number of nitrogens with one attached hydrogen (secondary N) is 1. The van der Waals surface area contributed by atoms with Gasteiger partial charge in [0.2, 0.25) is 0 Å². The molecule has 2 aliphatic rings. The normalized spacial score (nSPS) is 17.7. The topological polar surface area (TPSA) is 82.1 Å². The number of piperidine rings is 1. The summed E-state index contributed by atoms with van der Waals surface area (Å²) >= 11 is 0. The van der Waals surface area contributed by atoms with Crippen LogP contribution in [0.5, 0.6) is 0 Å². The van der Waals surface area contributed by atoms with Crippen LogP contribution in [0.15, 0.2) is 30.3 Å². The molecule has 1 aliphatic carbocycles. The second-order valence-electron chi connectivity index (χ2n) is 9.16. The number of benzene rings is 1. The van der Waals surface area contributed by atoms with Crippen molar-refractivity contribution >= 4 is 12.1 Å². The van der Waals surface area contributed by atoms with Crippen molar-refractivity contribution in [3.05, 3.63) is 35.9 Å². The lowest BCUT2D eigenvalue weighted by molar-refractivity contribution is 0.0820. The van der Waals surface area contributed by atoms with Gasteiger partial charge < -0.3 is 25.0 Å². The van der Waals surface area contributed by atoms with Gasteiger partial charge in [0.15, 0.2) is 0 Å². The maximum Gasteiger partial charge on any atom is 0.410 e. The van der Waals surface area contributed by atoms with Crippen molar-refractivity contribution in [1.29, 1.82) is 0 Å². The Labute approximate surface area is 192 Å². The van der Waals surface area contributed by atoms with Crippen molar-refractivity contribution in [1.82, 2.24) is 15.1 Å². The summed E-state index contributed by atoms with van der Waals surface area (Å²) in [5.41, 5.74) is 0.981. The van der Waals surface area contributed by atoms with E-state index in [1.54, 1.807) is 9.80 Å². The highest BCUT2D eigenvalue weighted by molar-refractivity contribution is 5.74. The van der Waals surface area contributed by atoms with Gasteiger partial charge in [0, 0.05) is 32.7 Å². The van der Waals surface area contributed by atoms with Crippen LogP contribution in [-0.2, 0) is 11.3 Å². The van der Waals surface area contributed by atoms with Crippen LogP contribution in [0, 0.1) is 11.8 Å². The van der Waals surface area contributed by atoms with Crippen molar-refractivity contribution in [2.24, 2.45) is 11.8 Å². The molecule has 0 aromatic heterocycles. The Bertz CT molecular complexity index is 686. The second kappa shape index (κ2) is 13.3. The molecule has 1 aromatic rings. The average Bonchev–Trinajstić information content (AvgIpc) is 2.85.